The molecule has 0 bridgehead atoms. The molecule has 0 saturated heterocycles. The fraction of sp³-hybridized carbons (Fsp3) is 0.133. The van der Waals surface area contributed by atoms with Gasteiger partial charge in [0.15, 0.2) is 0 Å². The number of aromatic nitrogens is 1. The van der Waals surface area contributed by atoms with Crippen LogP contribution in [0.2, 0.25) is 0 Å². The zero-order valence-corrected chi connectivity index (χ0v) is 12.5. The summed E-state index contributed by atoms with van der Waals surface area (Å²) in [6, 6.07) is 8.44. The monoisotopic (exact) mass is 301 g/mol. The van der Waals surface area contributed by atoms with Crippen LogP contribution < -0.4 is 16.2 Å². The molecule has 0 aliphatic heterocycles. The van der Waals surface area contributed by atoms with Crippen LogP contribution in [0.15, 0.2) is 30.3 Å². The predicted octanol–water partition coefficient (Wildman–Crippen LogP) is 2.22. The Hall–Kier alpha value is -2.47. The summed E-state index contributed by atoms with van der Waals surface area (Å²) >= 11 is 5.05. The van der Waals surface area contributed by atoms with Crippen LogP contribution in [-0.4, -0.2) is 15.9 Å². The largest absolute Gasteiger partial charge is 0.456 e. The number of aryl methyl sites for hydroxylation is 2. The number of para-hydroxylation sites is 1. The molecule has 2 aromatic rings. The van der Waals surface area contributed by atoms with Crippen molar-refractivity contribution in [3.05, 3.63) is 52.8 Å². The van der Waals surface area contributed by atoms with Crippen molar-refractivity contribution in [1.29, 1.82) is 0 Å². The molecule has 5 nitrogen and oxygen atoms in total. The number of nitrogens with zero attached hydrogens (tertiary/aromatic N) is 1. The van der Waals surface area contributed by atoms with Gasteiger partial charge in [-0.05, 0) is 26.0 Å². The van der Waals surface area contributed by atoms with Gasteiger partial charge in [0.1, 0.15) is 16.5 Å². The molecule has 0 spiro atoms. The van der Waals surface area contributed by atoms with Crippen LogP contribution in [0.25, 0.3) is 0 Å². The molecule has 1 heterocycles. The van der Waals surface area contributed by atoms with Gasteiger partial charge in [-0.2, -0.15) is 0 Å². The zero-order valence-electron chi connectivity index (χ0n) is 11.7. The van der Waals surface area contributed by atoms with E-state index in [-0.39, 0.29) is 4.99 Å². The highest BCUT2D eigenvalue weighted by Crippen LogP contribution is 2.29. The fourth-order valence-corrected chi connectivity index (χ4v) is 2.30. The Labute approximate surface area is 127 Å². The number of amides is 1. The van der Waals surface area contributed by atoms with E-state index in [1.165, 1.54) is 0 Å². The number of rotatable bonds is 4. The lowest BCUT2D eigenvalue weighted by Gasteiger charge is -2.14. The summed E-state index contributed by atoms with van der Waals surface area (Å²) in [6.45, 7) is 3.64. The van der Waals surface area contributed by atoms with E-state index < -0.39 is 5.91 Å². The quantitative estimate of drug-likeness (QED) is 0.845. The first-order chi connectivity index (χ1) is 9.90. The van der Waals surface area contributed by atoms with Gasteiger partial charge in [0, 0.05) is 11.8 Å². The van der Waals surface area contributed by atoms with Crippen molar-refractivity contribution < 1.29 is 9.53 Å². The number of hydrogen-bond acceptors (Lipinski definition) is 4. The van der Waals surface area contributed by atoms with Crippen molar-refractivity contribution in [3.8, 4) is 11.5 Å². The average Bonchev–Trinajstić information content (AvgIpc) is 2.37. The number of thiocarbonyl (C=S) groups is 1. The molecular formula is C15H15N3O2S. The normalized spacial score (nSPS) is 10.2. The van der Waals surface area contributed by atoms with Crippen LogP contribution in [0, 0.1) is 13.8 Å². The van der Waals surface area contributed by atoms with Gasteiger partial charge in [0.25, 0.3) is 5.91 Å². The SMILES string of the molecule is Cc1cc(Oc2ccccc2C(N)=O)c(C(N)=S)c(C)n1. The Morgan fingerprint density at radius 3 is 2.48 bits per heavy atom. The summed E-state index contributed by atoms with van der Waals surface area (Å²) in [6.07, 6.45) is 0. The third kappa shape index (κ3) is 3.17. The van der Waals surface area contributed by atoms with Gasteiger partial charge >= 0.3 is 0 Å². The van der Waals surface area contributed by atoms with Crippen LogP contribution in [0.4, 0.5) is 0 Å². The molecule has 0 atom stereocenters. The third-order valence-electron chi connectivity index (χ3n) is 2.91. The molecule has 0 unspecified atom stereocenters. The Kier molecular flexibility index (Phi) is 4.18. The first kappa shape index (κ1) is 14.9. The number of nitrogens with two attached hydrogens (primary N) is 2. The maximum absolute atomic E-state index is 11.4. The topological polar surface area (TPSA) is 91.2 Å². The molecule has 6 heteroatoms. The summed E-state index contributed by atoms with van der Waals surface area (Å²) in [5.74, 6) is 0.249. The Morgan fingerprint density at radius 1 is 1.19 bits per heavy atom. The second-order valence-electron chi connectivity index (χ2n) is 4.55. The Morgan fingerprint density at radius 2 is 1.86 bits per heavy atom. The van der Waals surface area contributed by atoms with Gasteiger partial charge in [0.05, 0.1) is 16.8 Å². The molecule has 0 fully saturated rings. The lowest BCUT2D eigenvalue weighted by Crippen LogP contribution is -2.15. The smallest absolute Gasteiger partial charge is 0.252 e. The molecule has 1 amide bonds. The lowest BCUT2D eigenvalue weighted by atomic mass is 10.1. The first-order valence-electron chi connectivity index (χ1n) is 6.25. The van der Waals surface area contributed by atoms with Crippen LogP contribution in [0.3, 0.4) is 0 Å². The minimum absolute atomic E-state index is 0.187. The van der Waals surface area contributed by atoms with Crippen molar-refractivity contribution in [2.75, 3.05) is 0 Å². The van der Waals surface area contributed by atoms with E-state index in [1.54, 1.807) is 37.3 Å². The molecule has 108 valence electrons. The van der Waals surface area contributed by atoms with Crippen molar-refractivity contribution in [2.24, 2.45) is 11.5 Å². The number of carbonyl (C=O) groups is 1. The molecule has 0 radical (unpaired) electrons. The molecule has 0 aliphatic carbocycles. The molecule has 1 aromatic carbocycles. The molecule has 0 aliphatic rings. The van der Waals surface area contributed by atoms with Crippen molar-refractivity contribution in [2.45, 2.75) is 13.8 Å². The Bertz CT molecular complexity index is 729. The number of pyridine rings is 1. The number of ether oxygens (including phenoxy) is 1. The van der Waals surface area contributed by atoms with Gasteiger partial charge in [-0.15, -0.1) is 0 Å². The highest BCUT2D eigenvalue weighted by Gasteiger charge is 2.16. The standard InChI is InChI=1S/C15H15N3O2S/c1-8-7-12(13(15(17)21)9(2)18-8)20-11-6-4-3-5-10(11)14(16)19/h3-7H,1-2H3,(H2,16,19)(H2,17,21). The highest BCUT2D eigenvalue weighted by molar-refractivity contribution is 7.80. The van der Waals surface area contributed by atoms with Gasteiger partial charge < -0.3 is 16.2 Å². The number of primary amides is 1. The molecule has 1 aromatic heterocycles. The summed E-state index contributed by atoms with van der Waals surface area (Å²) in [7, 11) is 0. The van der Waals surface area contributed by atoms with E-state index in [9.17, 15) is 4.79 Å². The maximum atomic E-state index is 11.4. The van der Waals surface area contributed by atoms with E-state index in [1.807, 2.05) is 6.92 Å². The van der Waals surface area contributed by atoms with Gasteiger partial charge in [-0.3, -0.25) is 9.78 Å². The molecule has 0 saturated carbocycles. The third-order valence-corrected chi connectivity index (χ3v) is 3.12. The highest BCUT2D eigenvalue weighted by atomic mass is 32.1. The second kappa shape index (κ2) is 5.88. The number of hydrogen-bond donors (Lipinski definition) is 2. The lowest BCUT2D eigenvalue weighted by molar-refractivity contribution is 0.0998. The van der Waals surface area contributed by atoms with Crippen molar-refractivity contribution >= 4 is 23.1 Å². The molecule has 2 rings (SSSR count). The van der Waals surface area contributed by atoms with E-state index in [0.717, 1.165) is 5.69 Å². The summed E-state index contributed by atoms with van der Waals surface area (Å²) in [4.78, 5) is 15.9. The second-order valence-corrected chi connectivity index (χ2v) is 4.99. The van der Waals surface area contributed by atoms with Crippen LogP contribution >= 0.6 is 12.2 Å². The maximum Gasteiger partial charge on any atom is 0.252 e. The van der Waals surface area contributed by atoms with Crippen LogP contribution in [0.1, 0.15) is 27.3 Å². The summed E-state index contributed by atoms with van der Waals surface area (Å²) < 4.78 is 5.82. The van der Waals surface area contributed by atoms with E-state index in [4.69, 9.17) is 28.4 Å². The number of benzene rings is 1. The minimum atomic E-state index is -0.565. The van der Waals surface area contributed by atoms with E-state index >= 15 is 0 Å². The van der Waals surface area contributed by atoms with Crippen LogP contribution in [-0.2, 0) is 0 Å². The molecule has 21 heavy (non-hydrogen) atoms. The number of carbonyl (C=O) groups excluding carboxylic acids is 1. The first-order valence-corrected chi connectivity index (χ1v) is 6.65. The predicted molar refractivity (Wildman–Crippen MR) is 84.6 cm³/mol. The Balaban J connectivity index is 2.54. The minimum Gasteiger partial charge on any atom is -0.456 e. The van der Waals surface area contributed by atoms with Gasteiger partial charge in [-0.1, -0.05) is 24.4 Å². The molecule has 4 N–H and O–H groups in total. The zero-order chi connectivity index (χ0) is 15.6. The van der Waals surface area contributed by atoms with E-state index in [0.29, 0.717) is 28.3 Å². The molecular weight excluding hydrogens is 286 g/mol. The summed E-state index contributed by atoms with van der Waals surface area (Å²) in [5.41, 5.74) is 13.4. The van der Waals surface area contributed by atoms with Gasteiger partial charge in [-0.25, -0.2) is 0 Å². The fourth-order valence-electron chi connectivity index (χ4n) is 2.05. The van der Waals surface area contributed by atoms with E-state index in [2.05, 4.69) is 4.98 Å². The van der Waals surface area contributed by atoms with Gasteiger partial charge in [0.2, 0.25) is 0 Å². The summed E-state index contributed by atoms with van der Waals surface area (Å²) in [5, 5.41) is 0. The average molecular weight is 301 g/mol. The van der Waals surface area contributed by atoms with Crippen LogP contribution in [0.5, 0.6) is 11.5 Å². The van der Waals surface area contributed by atoms with Crippen molar-refractivity contribution in [1.82, 2.24) is 4.98 Å². The van der Waals surface area contributed by atoms with Crippen molar-refractivity contribution in [3.63, 3.8) is 0 Å².